The average molecular weight is 286 g/mol. The first-order valence-electron chi connectivity index (χ1n) is 7.48. The lowest BCUT2D eigenvalue weighted by atomic mass is 10.1. The van der Waals surface area contributed by atoms with Crippen LogP contribution >= 0.6 is 0 Å². The average Bonchev–Trinajstić information content (AvgIpc) is 2.42. The Hall–Kier alpha value is -1.79. The van der Waals surface area contributed by atoms with Gasteiger partial charge in [0.15, 0.2) is 0 Å². The molecule has 21 heavy (non-hydrogen) atoms. The predicted octanol–water partition coefficient (Wildman–Crippen LogP) is 2.85. The second-order valence-corrected chi connectivity index (χ2v) is 5.71. The molecule has 0 aliphatic rings. The Balaban J connectivity index is 2.46. The SMILES string of the molecule is Cc1ccccc1C(=O)NCC#CCN(C(C)C)C(C)C. The summed E-state index contributed by atoms with van der Waals surface area (Å²) in [6.07, 6.45) is 0. The lowest BCUT2D eigenvalue weighted by Gasteiger charge is -2.28. The maximum absolute atomic E-state index is 12.0. The van der Waals surface area contributed by atoms with Crippen LogP contribution in [0.2, 0.25) is 0 Å². The van der Waals surface area contributed by atoms with Gasteiger partial charge in [0.05, 0.1) is 13.1 Å². The first-order valence-corrected chi connectivity index (χ1v) is 7.48. The first-order chi connectivity index (χ1) is 9.93. The molecule has 0 aromatic heterocycles. The summed E-state index contributed by atoms with van der Waals surface area (Å²) in [6.45, 7) is 11.7. The summed E-state index contributed by atoms with van der Waals surface area (Å²) in [7, 11) is 0. The van der Waals surface area contributed by atoms with E-state index in [0.717, 1.165) is 12.1 Å². The first kappa shape index (κ1) is 17.3. The van der Waals surface area contributed by atoms with Crippen molar-refractivity contribution in [3.8, 4) is 11.8 Å². The van der Waals surface area contributed by atoms with Gasteiger partial charge in [-0.05, 0) is 46.2 Å². The van der Waals surface area contributed by atoms with Crippen LogP contribution in [0.4, 0.5) is 0 Å². The monoisotopic (exact) mass is 286 g/mol. The number of carbonyl (C=O) groups is 1. The van der Waals surface area contributed by atoms with Crippen molar-refractivity contribution >= 4 is 5.91 Å². The van der Waals surface area contributed by atoms with Crippen molar-refractivity contribution < 1.29 is 4.79 Å². The molecular formula is C18H26N2O. The van der Waals surface area contributed by atoms with Crippen molar-refractivity contribution in [2.24, 2.45) is 0 Å². The number of hydrogen-bond donors (Lipinski definition) is 1. The topological polar surface area (TPSA) is 32.3 Å². The molecule has 1 rings (SSSR count). The van der Waals surface area contributed by atoms with Gasteiger partial charge < -0.3 is 5.32 Å². The zero-order chi connectivity index (χ0) is 15.8. The van der Waals surface area contributed by atoms with Crippen molar-refractivity contribution in [2.75, 3.05) is 13.1 Å². The van der Waals surface area contributed by atoms with Crippen LogP contribution in [0.3, 0.4) is 0 Å². The second-order valence-electron chi connectivity index (χ2n) is 5.71. The molecule has 0 aliphatic carbocycles. The Morgan fingerprint density at radius 3 is 2.33 bits per heavy atom. The van der Waals surface area contributed by atoms with E-state index in [0.29, 0.717) is 24.2 Å². The van der Waals surface area contributed by atoms with Crippen molar-refractivity contribution in [3.63, 3.8) is 0 Å². The summed E-state index contributed by atoms with van der Waals surface area (Å²) in [5.74, 6) is 6.09. The highest BCUT2D eigenvalue weighted by Crippen LogP contribution is 2.06. The van der Waals surface area contributed by atoms with Gasteiger partial charge in [-0.3, -0.25) is 9.69 Å². The van der Waals surface area contributed by atoms with Crippen LogP contribution in [0.1, 0.15) is 43.6 Å². The standard InChI is InChI=1S/C18H26N2O/c1-14(2)20(15(3)4)13-9-8-12-19-18(21)17-11-7-6-10-16(17)5/h6-7,10-11,14-15H,12-13H2,1-5H3,(H,19,21). The molecule has 3 nitrogen and oxygen atoms in total. The number of nitrogens with one attached hydrogen (secondary N) is 1. The summed E-state index contributed by atoms with van der Waals surface area (Å²) in [5, 5.41) is 2.84. The Morgan fingerprint density at radius 2 is 1.76 bits per heavy atom. The van der Waals surface area contributed by atoms with Crippen LogP contribution < -0.4 is 5.32 Å². The Bertz CT molecular complexity index is 516. The number of benzene rings is 1. The summed E-state index contributed by atoms with van der Waals surface area (Å²) in [5.41, 5.74) is 1.69. The normalized spacial score (nSPS) is 10.7. The van der Waals surface area contributed by atoms with Crippen molar-refractivity contribution in [1.29, 1.82) is 0 Å². The maximum atomic E-state index is 12.0. The Kier molecular flexibility index (Phi) is 6.98. The van der Waals surface area contributed by atoms with E-state index in [4.69, 9.17) is 0 Å². The molecule has 1 N–H and O–H groups in total. The highest BCUT2D eigenvalue weighted by atomic mass is 16.1. The molecule has 0 aliphatic heterocycles. The summed E-state index contributed by atoms with van der Waals surface area (Å²) < 4.78 is 0. The number of amides is 1. The zero-order valence-corrected chi connectivity index (χ0v) is 13.7. The quantitative estimate of drug-likeness (QED) is 0.844. The van der Waals surface area contributed by atoms with Gasteiger partial charge in [-0.1, -0.05) is 30.0 Å². The molecule has 0 saturated heterocycles. The molecule has 1 aromatic carbocycles. The minimum absolute atomic E-state index is 0.0630. The van der Waals surface area contributed by atoms with Gasteiger partial charge in [-0.25, -0.2) is 0 Å². The molecule has 0 fully saturated rings. The third-order valence-corrected chi connectivity index (χ3v) is 3.44. The van der Waals surface area contributed by atoms with E-state index in [1.807, 2.05) is 31.2 Å². The van der Waals surface area contributed by atoms with Gasteiger partial charge in [0.1, 0.15) is 0 Å². The van der Waals surface area contributed by atoms with Gasteiger partial charge in [-0.15, -0.1) is 0 Å². The van der Waals surface area contributed by atoms with E-state index in [-0.39, 0.29) is 5.91 Å². The molecule has 0 bridgehead atoms. The van der Waals surface area contributed by atoms with Gasteiger partial charge in [0.25, 0.3) is 5.91 Å². The molecule has 0 saturated carbocycles. The summed E-state index contributed by atoms with van der Waals surface area (Å²) in [6, 6.07) is 8.51. The van der Waals surface area contributed by atoms with E-state index in [2.05, 4.69) is 49.8 Å². The second kappa shape index (κ2) is 8.49. The summed E-state index contributed by atoms with van der Waals surface area (Å²) in [4.78, 5) is 14.3. The molecule has 114 valence electrons. The van der Waals surface area contributed by atoms with Gasteiger partial charge in [-0.2, -0.15) is 0 Å². The molecule has 0 radical (unpaired) electrons. The molecule has 0 atom stereocenters. The molecule has 0 heterocycles. The van der Waals surface area contributed by atoms with Gasteiger partial charge in [0.2, 0.25) is 0 Å². The third kappa shape index (κ3) is 5.61. The highest BCUT2D eigenvalue weighted by Gasteiger charge is 2.11. The van der Waals surface area contributed by atoms with Crippen molar-refractivity contribution in [2.45, 2.75) is 46.7 Å². The Morgan fingerprint density at radius 1 is 1.14 bits per heavy atom. The van der Waals surface area contributed by atoms with E-state index < -0.39 is 0 Å². The minimum atomic E-state index is -0.0630. The van der Waals surface area contributed by atoms with E-state index in [9.17, 15) is 4.79 Å². The number of hydrogen-bond acceptors (Lipinski definition) is 2. The van der Waals surface area contributed by atoms with Crippen LogP contribution in [0.15, 0.2) is 24.3 Å². The van der Waals surface area contributed by atoms with Gasteiger partial charge >= 0.3 is 0 Å². The van der Waals surface area contributed by atoms with Crippen LogP contribution in [-0.4, -0.2) is 36.0 Å². The van der Waals surface area contributed by atoms with Crippen molar-refractivity contribution in [3.05, 3.63) is 35.4 Å². The van der Waals surface area contributed by atoms with Crippen LogP contribution in [-0.2, 0) is 0 Å². The molecule has 3 heteroatoms. The summed E-state index contributed by atoms with van der Waals surface area (Å²) >= 11 is 0. The van der Waals surface area contributed by atoms with E-state index in [1.54, 1.807) is 0 Å². The van der Waals surface area contributed by atoms with Crippen molar-refractivity contribution in [1.82, 2.24) is 10.2 Å². The largest absolute Gasteiger partial charge is 0.341 e. The molecule has 1 aromatic rings. The maximum Gasteiger partial charge on any atom is 0.252 e. The zero-order valence-electron chi connectivity index (χ0n) is 13.7. The van der Waals surface area contributed by atoms with Crippen LogP contribution in [0.5, 0.6) is 0 Å². The highest BCUT2D eigenvalue weighted by molar-refractivity contribution is 5.95. The van der Waals surface area contributed by atoms with E-state index in [1.165, 1.54) is 0 Å². The van der Waals surface area contributed by atoms with Gasteiger partial charge in [0, 0.05) is 17.6 Å². The smallest absolute Gasteiger partial charge is 0.252 e. The van der Waals surface area contributed by atoms with Crippen LogP contribution in [0, 0.1) is 18.8 Å². The lowest BCUT2D eigenvalue weighted by molar-refractivity contribution is 0.0958. The Labute approximate surface area is 128 Å². The number of nitrogens with zero attached hydrogens (tertiary/aromatic N) is 1. The van der Waals surface area contributed by atoms with E-state index >= 15 is 0 Å². The number of rotatable bonds is 5. The van der Waals surface area contributed by atoms with Crippen LogP contribution in [0.25, 0.3) is 0 Å². The molecule has 0 unspecified atom stereocenters. The fourth-order valence-electron chi connectivity index (χ4n) is 2.22. The molecular weight excluding hydrogens is 260 g/mol. The fourth-order valence-corrected chi connectivity index (χ4v) is 2.22. The number of carbonyl (C=O) groups excluding carboxylic acids is 1. The number of aryl methyl sites for hydroxylation is 1. The predicted molar refractivity (Wildman–Crippen MR) is 88.3 cm³/mol. The lowest BCUT2D eigenvalue weighted by Crippen LogP contribution is -2.37. The third-order valence-electron chi connectivity index (χ3n) is 3.44. The fraction of sp³-hybridized carbons (Fsp3) is 0.500. The minimum Gasteiger partial charge on any atom is -0.341 e. The molecule has 0 spiro atoms. The molecule has 1 amide bonds.